The molecule has 2 amide bonds. The second-order valence-corrected chi connectivity index (χ2v) is 6.33. The smallest absolute Gasteiger partial charge is 0.279 e. The third-order valence-electron chi connectivity index (χ3n) is 4.29. The fourth-order valence-electron chi connectivity index (χ4n) is 3.17. The first-order valence-electron chi connectivity index (χ1n) is 7.69. The van der Waals surface area contributed by atoms with Gasteiger partial charge in [0.1, 0.15) is 10.7 Å². The summed E-state index contributed by atoms with van der Waals surface area (Å²) in [5, 5.41) is 3.01. The second-order valence-electron chi connectivity index (χ2n) is 5.96. The minimum Gasteiger partial charge on any atom is -0.350 e. The molecule has 22 heavy (non-hydrogen) atoms. The summed E-state index contributed by atoms with van der Waals surface area (Å²) in [5.74, 6) is -0.669. The van der Waals surface area contributed by atoms with Gasteiger partial charge in [-0.3, -0.25) is 14.5 Å². The van der Waals surface area contributed by atoms with Crippen molar-refractivity contribution in [3.8, 4) is 0 Å². The number of nitrogens with one attached hydrogen (secondary N) is 1. The Kier molecular flexibility index (Phi) is 4.21. The average Bonchev–Trinajstić information content (AvgIpc) is 2.72. The summed E-state index contributed by atoms with van der Waals surface area (Å²) < 4.78 is 0. The molecular weight excluding hydrogens is 300 g/mol. The zero-order valence-electron chi connectivity index (χ0n) is 12.6. The lowest BCUT2D eigenvalue weighted by atomic mass is 9.94. The zero-order valence-corrected chi connectivity index (χ0v) is 13.3. The minimum atomic E-state index is -0.367. The van der Waals surface area contributed by atoms with Crippen LogP contribution in [-0.4, -0.2) is 22.8 Å². The molecule has 1 aliphatic carbocycles. The lowest BCUT2D eigenvalue weighted by Gasteiger charge is -2.29. The number of imide groups is 1. The van der Waals surface area contributed by atoms with Gasteiger partial charge < -0.3 is 5.32 Å². The number of nitrogens with zero attached hydrogens (tertiary/aromatic N) is 1. The summed E-state index contributed by atoms with van der Waals surface area (Å²) in [5.41, 5.74) is 2.03. The van der Waals surface area contributed by atoms with Gasteiger partial charge in [0.25, 0.3) is 11.8 Å². The second kappa shape index (κ2) is 6.13. The number of aryl methyl sites for hydroxylation is 1. The predicted octanol–water partition coefficient (Wildman–Crippen LogP) is 3.56. The molecule has 0 atom stereocenters. The molecule has 1 fully saturated rings. The van der Waals surface area contributed by atoms with E-state index in [-0.39, 0.29) is 28.6 Å². The Bertz CT molecular complexity index is 648. The third kappa shape index (κ3) is 2.75. The van der Waals surface area contributed by atoms with Crippen LogP contribution in [0.5, 0.6) is 0 Å². The van der Waals surface area contributed by atoms with Crippen LogP contribution in [0, 0.1) is 6.92 Å². The molecule has 0 aromatic heterocycles. The SMILES string of the molecule is Cc1cccc(NC2=C(Cl)C(=O)N(C3CCCCC3)C2=O)c1. The summed E-state index contributed by atoms with van der Waals surface area (Å²) >= 11 is 6.13. The standard InChI is InChI=1S/C17H19ClN2O2/c1-11-6-5-7-12(10-11)19-15-14(18)16(21)20(17(15)22)13-8-3-2-4-9-13/h5-7,10,13,19H,2-4,8-9H2,1H3. The van der Waals surface area contributed by atoms with Gasteiger partial charge in [-0.1, -0.05) is 43.0 Å². The number of anilines is 1. The molecule has 2 aliphatic rings. The van der Waals surface area contributed by atoms with Crippen LogP contribution in [-0.2, 0) is 9.59 Å². The van der Waals surface area contributed by atoms with E-state index in [0.717, 1.165) is 36.9 Å². The topological polar surface area (TPSA) is 49.4 Å². The number of hydrogen-bond acceptors (Lipinski definition) is 3. The number of carbonyl (C=O) groups is 2. The first-order chi connectivity index (χ1) is 10.6. The Morgan fingerprint density at radius 1 is 1.14 bits per heavy atom. The number of amides is 2. The molecule has 0 bridgehead atoms. The number of carbonyl (C=O) groups excluding carboxylic acids is 2. The fourth-order valence-corrected chi connectivity index (χ4v) is 3.38. The van der Waals surface area contributed by atoms with E-state index in [1.165, 1.54) is 11.3 Å². The highest BCUT2D eigenvalue weighted by Crippen LogP contribution is 2.32. The molecule has 0 spiro atoms. The zero-order chi connectivity index (χ0) is 15.7. The highest BCUT2D eigenvalue weighted by Gasteiger charge is 2.41. The van der Waals surface area contributed by atoms with Crippen LogP contribution in [0.1, 0.15) is 37.7 Å². The van der Waals surface area contributed by atoms with Gasteiger partial charge in [-0.15, -0.1) is 0 Å². The maximum Gasteiger partial charge on any atom is 0.279 e. The molecule has 1 N–H and O–H groups in total. The summed E-state index contributed by atoms with van der Waals surface area (Å²) in [6.07, 6.45) is 5.03. The first-order valence-corrected chi connectivity index (χ1v) is 8.07. The van der Waals surface area contributed by atoms with Crippen molar-refractivity contribution in [3.05, 3.63) is 40.6 Å². The lowest BCUT2D eigenvalue weighted by molar-refractivity contribution is -0.140. The van der Waals surface area contributed by atoms with Gasteiger partial charge in [-0.2, -0.15) is 0 Å². The molecule has 3 rings (SSSR count). The molecule has 0 saturated heterocycles. The van der Waals surface area contributed by atoms with E-state index in [4.69, 9.17) is 11.6 Å². The Balaban J connectivity index is 1.82. The van der Waals surface area contributed by atoms with Crippen LogP contribution >= 0.6 is 11.6 Å². The highest BCUT2D eigenvalue weighted by molar-refractivity contribution is 6.48. The molecule has 5 heteroatoms. The molecule has 1 saturated carbocycles. The summed E-state index contributed by atoms with van der Waals surface area (Å²) in [4.78, 5) is 26.3. The Hall–Kier alpha value is -1.81. The van der Waals surface area contributed by atoms with E-state index in [1.54, 1.807) is 0 Å². The van der Waals surface area contributed by atoms with E-state index < -0.39 is 0 Å². The van der Waals surface area contributed by atoms with E-state index in [1.807, 2.05) is 31.2 Å². The normalized spacial score (nSPS) is 20.0. The quantitative estimate of drug-likeness (QED) is 0.867. The van der Waals surface area contributed by atoms with E-state index >= 15 is 0 Å². The van der Waals surface area contributed by atoms with Crippen LogP contribution in [0.3, 0.4) is 0 Å². The van der Waals surface area contributed by atoms with Gasteiger partial charge in [0, 0.05) is 11.7 Å². The van der Waals surface area contributed by atoms with E-state index in [0.29, 0.717) is 0 Å². The summed E-state index contributed by atoms with van der Waals surface area (Å²) in [7, 11) is 0. The van der Waals surface area contributed by atoms with Crippen molar-refractivity contribution in [1.29, 1.82) is 0 Å². The van der Waals surface area contributed by atoms with E-state index in [9.17, 15) is 9.59 Å². The number of halogens is 1. The summed E-state index contributed by atoms with van der Waals surface area (Å²) in [6.45, 7) is 1.97. The molecule has 4 nitrogen and oxygen atoms in total. The first kappa shape index (κ1) is 15.1. The maximum absolute atomic E-state index is 12.6. The Morgan fingerprint density at radius 2 is 1.86 bits per heavy atom. The van der Waals surface area contributed by atoms with Crippen LogP contribution < -0.4 is 5.32 Å². The molecular formula is C17H19ClN2O2. The minimum absolute atomic E-state index is 0.00270. The summed E-state index contributed by atoms with van der Waals surface area (Å²) in [6, 6.07) is 7.62. The predicted molar refractivity (Wildman–Crippen MR) is 86.4 cm³/mol. The van der Waals surface area contributed by atoms with Crippen molar-refractivity contribution in [2.24, 2.45) is 0 Å². The van der Waals surface area contributed by atoms with Crippen molar-refractivity contribution in [2.45, 2.75) is 45.1 Å². The molecule has 0 unspecified atom stereocenters. The Morgan fingerprint density at radius 3 is 2.55 bits per heavy atom. The van der Waals surface area contributed by atoms with Gasteiger partial charge in [0.15, 0.2) is 0 Å². The van der Waals surface area contributed by atoms with Crippen molar-refractivity contribution in [3.63, 3.8) is 0 Å². The molecule has 1 aromatic rings. The van der Waals surface area contributed by atoms with Gasteiger partial charge in [-0.05, 0) is 37.5 Å². The van der Waals surface area contributed by atoms with Crippen LogP contribution in [0.4, 0.5) is 5.69 Å². The van der Waals surface area contributed by atoms with Gasteiger partial charge in [-0.25, -0.2) is 0 Å². The molecule has 0 radical (unpaired) electrons. The molecule has 1 aliphatic heterocycles. The van der Waals surface area contributed by atoms with Gasteiger partial charge in [0.05, 0.1) is 0 Å². The van der Waals surface area contributed by atoms with Gasteiger partial charge >= 0.3 is 0 Å². The molecule has 1 aromatic carbocycles. The third-order valence-corrected chi connectivity index (χ3v) is 4.64. The van der Waals surface area contributed by atoms with Gasteiger partial charge in [0.2, 0.25) is 0 Å². The molecule has 1 heterocycles. The largest absolute Gasteiger partial charge is 0.350 e. The fraction of sp³-hybridized carbons (Fsp3) is 0.412. The number of rotatable bonds is 3. The van der Waals surface area contributed by atoms with Crippen molar-refractivity contribution in [2.75, 3.05) is 5.32 Å². The van der Waals surface area contributed by atoms with Crippen molar-refractivity contribution >= 4 is 29.1 Å². The number of hydrogen-bond donors (Lipinski definition) is 1. The average molecular weight is 319 g/mol. The van der Waals surface area contributed by atoms with Crippen LogP contribution in [0.2, 0.25) is 0 Å². The molecule has 116 valence electrons. The van der Waals surface area contributed by atoms with E-state index in [2.05, 4.69) is 5.32 Å². The van der Waals surface area contributed by atoms with Crippen molar-refractivity contribution in [1.82, 2.24) is 4.90 Å². The maximum atomic E-state index is 12.6. The highest BCUT2D eigenvalue weighted by atomic mass is 35.5. The Labute approximate surface area is 135 Å². The monoisotopic (exact) mass is 318 g/mol. The van der Waals surface area contributed by atoms with Crippen LogP contribution in [0.15, 0.2) is 35.0 Å². The lowest BCUT2D eigenvalue weighted by Crippen LogP contribution is -2.42. The number of benzene rings is 1. The van der Waals surface area contributed by atoms with Crippen LogP contribution in [0.25, 0.3) is 0 Å². The van der Waals surface area contributed by atoms with Crippen molar-refractivity contribution < 1.29 is 9.59 Å².